The average molecular weight is 252 g/mol. The number of anilines is 1. The smallest absolute Gasteiger partial charge is 0.145 e. The Morgan fingerprint density at radius 3 is 2.78 bits per heavy atom. The zero-order valence-electron chi connectivity index (χ0n) is 11.2. The normalized spacial score (nSPS) is 18.3. The number of ether oxygens (including phenoxy) is 1. The van der Waals surface area contributed by atoms with Gasteiger partial charge in [-0.2, -0.15) is 5.10 Å². The first-order valence-corrected chi connectivity index (χ1v) is 6.90. The molecule has 0 saturated carbocycles. The van der Waals surface area contributed by atoms with E-state index in [2.05, 4.69) is 16.9 Å². The highest BCUT2D eigenvalue weighted by atomic mass is 16.5. The van der Waals surface area contributed by atoms with E-state index in [4.69, 9.17) is 10.5 Å². The molecule has 0 aromatic carbocycles. The molecule has 18 heavy (non-hydrogen) atoms. The monoisotopic (exact) mass is 252 g/mol. The van der Waals surface area contributed by atoms with Crippen LogP contribution in [-0.4, -0.2) is 47.5 Å². The highest BCUT2D eigenvalue weighted by Gasteiger charge is 2.20. The van der Waals surface area contributed by atoms with E-state index >= 15 is 0 Å². The number of hydrogen-bond donors (Lipinski definition) is 1. The summed E-state index contributed by atoms with van der Waals surface area (Å²) in [6.45, 7) is 7.17. The second-order valence-corrected chi connectivity index (χ2v) is 4.91. The first kappa shape index (κ1) is 13.4. The van der Waals surface area contributed by atoms with Crippen molar-refractivity contribution in [1.82, 2.24) is 14.7 Å². The van der Waals surface area contributed by atoms with Crippen molar-refractivity contribution in [3.05, 3.63) is 12.3 Å². The van der Waals surface area contributed by atoms with E-state index in [-0.39, 0.29) is 0 Å². The molecule has 0 aliphatic carbocycles. The lowest BCUT2D eigenvalue weighted by molar-refractivity contribution is 0.0885. The Kier molecular flexibility index (Phi) is 5.01. The Morgan fingerprint density at radius 1 is 1.39 bits per heavy atom. The topological polar surface area (TPSA) is 56.3 Å². The summed E-state index contributed by atoms with van der Waals surface area (Å²) in [4.78, 5) is 2.47. The van der Waals surface area contributed by atoms with E-state index in [1.807, 2.05) is 16.9 Å². The van der Waals surface area contributed by atoms with Gasteiger partial charge in [-0.3, -0.25) is 4.68 Å². The molecule has 0 bridgehead atoms. The number of rotatable bonds is 6. The lowest BCUT2D eigenvalue weighted by Crippen LogP contribution is -2.36. The molecule has 1 aromatic rings. The number of likely N-dealkylation sites (tertiary alicyclic amines) is 1. The largest absolute Gasteiger partial charge is 0.382 e. The number of piperidine rings is 1. The van der Waals surface area contributed by atoms with Crippen molar-refractivity contribution in [2.24, 2.45) is 0 Å². The summed E-state index contributed by atoms with van der Waals surface area (Å²) >= 11 is 0. The van der Waals surface area contributed by atoms with Gasteiger partial charge < -0.3 is 15.4 Å². The Hall–Kier alpha value is -1.07. The lowest BCUT2D eigenvalue weighted by Gasteiger charge is -2.31. The lowest BCUT2D eigenvalue weighted by atomic mass is 10.1. The third-order valence-electron chi connectivity index (χ3n) is 3.46. The molecule has 1 aliphatic heterocycles. The predicted molar refractivity (Wildman–Crippen MR) is 72.5 cm³/mol. The van der Waals surface area contributed by atoms with E-state index in [1.54, 1.807) is 0 Å². The van der Waals surface area contributed by atoms with Crippen LogP contribution in [0.15, 0.2) is 12.3 Å². The van der Waals surface area contributed by atoms with Gasteiger partial charge in [0.25, 0.3) is 0 Å². The molecule has 0 unspecified atom stereocenters. The van der Waals surface area contributed by atoms with Gasteiger partial charge >= 0.3 is 0 Å². The van der Waals surface area contributed by atoms with Gasteiger partial charge in [-0.05, 0) is 25.3 Å². The van der Waals surface area contributed by atoms with Crippen LogP contribution in [0.2, 0.25) is 0 Å². The number of nitrogens with two attached hydrogens (primary N) is 1. The zero-order chi connectivity index (χ0) is 12.8. The molecule has 2 heterocycles. The fourth-order valence-electron chi connectivity index (χ4n) is 2.40. The summed E-state index contributed by atoms with van der Waals surface area (Å²) in [5.74, 6) is 0.616. The van der Waals surface area contributed by atoms with E-state index < -0.39 is 0 Å². The third kappa shape index (κ3) is 3.71. The van der Waals surface area contributed by atoms with Gasteiger partial charge in [0.15, 0.2) is 0 Å². The molecule has 0 amide bonds. The molecule has 0 spiro atoms. The Morgan fingerprint density at radius 2 is 2.17 bits per heavy atom. The molecule has 2 rings (SSSR count). The maximum atomic E-state index is 5.65. The van der Waals surface area contributed by atoms with Gasteiger partial charge in [-0.15, -0.1) is 0 Å². The van der Waals surface area contributed by atoms with Crippen LogP contribution in [-0.2, 0) is 4.74 Å². The van der Waals surface area contributed by atoms with Crippen LogP contribution >= 0.6 is 0 Å². The van der Waals surface area contributed by atoms with Crippen LogP contribution in [0.5, 0.6) is 0 Å². The molecule has 0 radical (unpaired) electrons. The van der Waals surface area contributed by atoms with Crippen LogP contribution in [0.1, 0.15) is 32.2 Å². The van der Waals surface area contributed by atoms with Gasteiger partial charge in [-0.1, -0.05) is 6.92 Å². The standard InChI is InChI=1S/C13H24N4O/c1-2-10-18-11-9-16-6-3-12(4-7-16)17-8-5-13(14)15-17/h5,8,12H,2-4,6-7,9-11H2,1H3,(H2,14,15). The van der Waals surface area contributed by atoms with E-state index in [0.717, 1.165) is 52.1 Å². The second-order valence-electron chi connectivity index (χ2n) is 4.91. The fraction of sp³-hybridized carbons (Fsp3) is 0.769. The van der Waals surface area contributed by atoms with Gasteiger partial charge in [0.1, 0.15) is 5.82 Å². The summed E-state index contributed by atoms with van der Waals surface area (Å²) in [6, 6.07) is 2.38. The van der Waals surface area contributed by atoms with Crippen molar-refractivity contribution in [3.8, 4) is 0 Å². The highest BCUT2D eigenvalue weighted by Crippen LogP contribution is 2.21. The van der Waals surface area contributed by atoms with Gasteiger partial charge in [-0.25, -0.2) is 0 Å². The highest BCUT2D eigenvalue weighted by molar-refractivity contribution is 5.24. The van der Waals surface area contributed by atoms with Crippen molar-refractivity contribution in [1.29, 1.82) is 0 Å². The van der Waals surface area contributed by atoms with Crippen molar-refractivity contribution < 1.29 is 4.74 Å². The summed E-state index contributed by atoms with van der Waals surface area (Å²) < 4.78 is 7.54. The van der Waals surface area contributed by atoms with Crippen LogP contribution in [0, 0.1) is 0 Å². The SMILES string of the molecule is CCCOCCN1CCC(n2ccc(N)n2)CC1. The van der Waals surface area contributed by atoms with Crippen molar-refractivity contribution >= 4 is 5.82 Å². The van der Waals surface area contributed by atoms with E-state index in [1.165, 1.54) is 0 Å². The molecular weight excluding hydrogens is 228 g/mol. The first-order valence-electron chi connectivity index (χ1n) is 6.90. The number of aromatic nitrogens is 2. The Labute approximate surface area is 109 Å². The Balaban J connectivity index is 1.68. The van der Waals surface area contributed by atoms with Crippen LogP contribution in [0.3, 0.4) is 0 Å². The summed E-state index contributed by atoms with van der Waals surface area (Å²) in [5, 5.41) is 4.30. The third-order valence-corrected chi connectivity index (χ3v) is 3.46. The minimum absolute atomic E-state index is 0.509. The summed E-state index contributed by atoms with van der Waals surface area (Å²) in [5.41, 5.74) is 5.65. The predicted octanol–water partition coefficient (Wildman–Crippen LogP) is 1.53. The van der Waals surface area contributed by atoms with Crippen molar-refractivity contribution in [2.75, 3.05) is 38.6 Å². The van der Waals surface area contributed by atoms with Crippen molar-refractivity contribution in [2.45, 2.75) is 32.2 Å². The van der Waals surface area contributed by atoms with Gasteiger partial charge in [0.05, 0.1) is 12.6 Å². The quantitative estimate of drug-likeness (QED) is 0.780. The van der Waals surface area contributed by atoms with Crippen LogP contribution in [0.4, 0.5) is 5.82 Å². The minimum Gasteiger partial charge on any atom is -0.382 e. The van der Waals surface area contributed by atoms with Crippen LogP contribution < -0.4 is 5.73 Å². The molecule has 1 fully saturated rings. The fourth-order valence-corrected chi connectivity index (χ4v) is 2.40. The molecule has 1 aromatic heterocycles. The number of nitrogen functional groups attached to an aromatic ring is 1. The second kappa shape index (κ2) is 6.75. The molecular formula is C13H24N4O. The maximum Gasteiger partial charge on any atom is 0.145 e. The molecule has 2 N–H and O–H groups in total. The zero-order valence-corrected chi connectivity index (χ0v) is 11.2. The Bertz CT molecular complexity index is 345. The van der Waals surface area contributed by atoms with Gasteiger partial charge in [0.2, 0.25) is 0 Å². The van der Waals surface area contributed by atoms with Crippen LogP contribution in [0.25, 0.3) is 0 Å². The molecule has 1 saturated heterocycles. The number of hydrogen-bond acceptors (Lipinski definition) is 4. The molecule has 0 atom stereocenters. The first-order chi connectivity index (χ1) is 8.79. The van der Waals surface area contributed by atoms with Gasteiger partial charge in [0, 0.05) is 32.4 Å². The molecule has 102 valence electrons. The van der Waals surface area contributed by atoms with E-state index in [9.17, 15) is 0 Å². The minimum atomic E-state index is 0.509. The number of nitrogens with zero attached hydrogens (tertiary/aromatic N) is 3. The average Bonchev–Trinajstić information content (AvgIpc) is 2.82. The summed E-state index contributed by atoms with van der Waals surface area (Å²) in [6.07, 6.45) is 5.38. The molecule has 5 nitrogen and oxygen atoms in total. The van der Waals surface area contributed by atoms with E-state index in [0.29, 0.717) is 11.9 Å². The maximum absolute atomic E-state index is 5.65. The molecule has 1 aliphatic rings. The van der Waals surface area contributed by atoms with Crippen molar-refractivity contribution in [3.63, 3.8) is 0 Å². The summed E-state index contributed by atoms with van der Waals surface area (Å²) in [7, 11) is 0. The molecule has 5 heteroatoms.